The summed E-state index contributed by atoms with van der Waals surface area (Å²) in [5.41, 5.74) is 1.65. The minimum absolute atomic E-state index is 0.0721. The lowest BCUT2D eigenvalue weighted by atomic mass is 9.89. The van der Waals surface area contributed by atoms with Crippen molar-refractivity contribution in [3.05, 3.63) is 77.6 Å². The molecule has 0 saturated heterocycles. The first-order valence-corrected chi connectivity index (χ1v) is 13.6. The fourth-order valence-electron chi connectivity index (χ4n) is 6.39. The molecule has 204 valence electrons. The fraction of sp³-hybridized carbons (Fsp3) is 0.387. The highest BCUT2D eigenvalue weighted by Crippen LogP contribution is 2.56. The van der Waals surface area contributed by atoms with Crippen LogP contribution in [0.5, 0.6) is 5.75 Å². The zero-order valence-corrected chi connectivity index (χ0v) is 22.9. The first-order valence-electron chi connectivity index (χ1n) is 13.3. The average molecular weight is 553 g/mol. The van der Waals surface area contributed by atoms with Crippen LogP contribution >= 0.6 is 11.6 Å². The molecular weight excluding hydrogens is 522 g/mol. The molecule has 0 amide bonds. The van der Waals surface area contributed by atoms with E-state index in [1.165, 1.54) is 12.1 Å². The van der Waals surface area contributed by atoms with Gasteiger partial charge in [0.15, 0.2) is 5.78 Å². The number of alkyl halides is 3. The summed E-state index contributed by atoms with van der Waals surface area (Å²) in [6.07, 6.45) is 6.15. The highest BCUT2D eigenvalue weighted by molar-refractivity contribution is 6.20. The molecule has 1 aliphatic carbocycles. The number of carbonyl (C=O) groups is 2. The van der Waals surface area contributed by atoms with Crippen molar-refractivity contribution >= 4 is 28.9 Å². The largest absolute Gasteiger partial charge is 0.487 e. The van der Waals surface area contributed by atoms with Crippen LogP contribution in [0.1, 0.15) is 67.4 Å². The van der Waals surface area contributed by atoms with E-state index in [9.17, 15) is 18.4 Å². The average Bonchev–Trinajstić information content (AvgIpc) is 3.42. The van der Waals surface area contributed by atoms with Gasteiger partial charge in [0, 0.05) is 77.2 Å². The number of carbonyl (C=O) groups excluding carboxylic acids is 2. The Hall–Kier alpha value is -3.32. The van der Waals surface area contributed by atoms with Crippen LogP contribution in [0.4, 0.5) is 14.5 Å². The molecule has 39 heavy (non-hydrogen) atoms. The highest BCUT2D eigenvalue weighted by Gasteiger charge is 2.49. The van der Waals surface area contributed by atoms with Crippen molar-refractivity contribution in [1.29, 1.82) is 0 Å². The Balaban J connectivity index is 1.53. The lowest BCUT2D eigenvalue weighted by molar-refractivity contribution is -0.118. The minimum Gasteiger partial charge on any atom is -0.420 e. The molecule has 1 aromatic heterocycles. The summed E-state index contributed by atoms with van der Waals surface area (Å²) >= 11 is 4.85. The third kappa shape index (κ3) is 5.69. The SMILES string of the molecule is CC(=O)CC1CCC2c3cc(C(=O)Cc4ccc(OC(F)(F)Cl)cc4)cc(-c4cccnc4)c3N(C(C)C)C12. The number of hydrogen-bond donors (Lipinski definition) is 0. The van der Waals surface area contributed by atoms with Crippen LogP contribution in [0.3, 0.4) is 0 Å². The summed E-state index contributed by atoms with van der Waals surface area (Å²) < 4.78 is 30.3. The van der Waals surface area contributed by atoms with Gasteiger partial charge in [0.25, 0.3) is 0 Å². The van der Waals surface area contributed by atoms with E-state index >= 15 is 0 Å². The molecule has 0 radical (unpaired) electrons. The number of nitrogens with zero attached hydrogens (tertiary/aromatic N) is 2. The molecule has 2 heterocycles. The van der Waals surface area contributed by atoms with Gasteiger partial charge in [0.1, 0.15) is 11.5 Å². The zero-order chi connectivity index (χ0) is 27.9. The maximum Gasteiger partial charge on any atom is 0.487 e. The van der Waals surface area contributed by atoms with E-state index in [1.807, 2.05) is 30.5 Å². The molecule has 8 heteroatoms. The Morgan fingerprint density at radius 3 is 2.51 bits per heavy atom. The van der Waals surface area contributed by atoms with Crippen molar-refractivity contribution in [3.8, 4) is 16.9 Å². The first-order chi connectivity index (χ1) is 18.5. The van der Waals surface area contributed by atoms with E-state index in [1.54, 1.807) is 25.3 Å². The summed E-state index contributed by atoms with van der Waals surface area (Å²) in [5, 5.41) is 0. The van der Waals surface area contributed by atoms with Crippen molar-refractivity contribution < 1.29 is 23.1 Å². The molecule has 0 N–H and O–H groups in total. The minimum atomic E-state index is -3.80. The number of anilines is 1. The number of aromatic nitrogens is 1. The summed E-state index contributed by atoms with van der Waals surface area (Å²) in [4.78, 5) is 32.5. The number of halogens is 3. The molecule has 2 aliphatic rings. The number of pyridine rings is 1. The second kappa shape index (κ2) is 10.7. The van der Waals surface area contributed by atoms with Gasteiger partial charge in [-0.15, -0.1) is 8.78 Å². The smallest absolute Gasteiger partial charge is 0.420 e. The zero-order valence-electron chi connectivity index (χ0n) is 22.2. The molecule has 1 fully saturated rings. The van der Waals surface area contributed by atoms with Crippen LogP contribution in [0.2, 0.25) is 0 Å². The van der Waals surface area contributed by atoms with Crippen LogP contribution in [-0.2, 0) is 11.2 Å². The number of Topliss-reactive ketones (excluding diaryl/α,β-unsaturated/α-hetero) is 2. The molecule has 2 aromatic carbocycles. The lowest BCUT2D eigenvalue weighted by Gasteiger charge is -2.36. The Morgan fingerprint density at radius 2 is 1.90 bits per heavy atom. The van der Waals surface area contributed by atoms with Gasteiger partial charge in [0.05, 0.1) is 0 Å². The monoisotopic (exact) mass is 552 g/mol. The topological polar surface area (TPSA) is 59.5 Å². The number of hydrogen-bond acceptors (Lipinski definition) is 5. The van der Waals surface area contributed by atoms with Gasteiger partial charge in [-0.05, 0) is 81.0 Å². The van der Waals surface area contributed by atoms with Crippen molar-refractivity contribution in [2.45, 2.75) is 70.0 Å². The number of ether oxygens (including phenoxy) is 1. The summed E-state index contributed by atoms with van der Waals surface area (Å²) in [6, 6.07) is 14.2. The molecule has 0 spiro atoms. The van der Waals surface area contributed by atoms with E-state index in [0.29, 0.717) is 17.5 Å². The Labute approximate surface area is 232 Å². The first kappa shape index (κ1) is 27.3. The van der Waals surface area contributed by atoms with Crippen LogP contribution in [0.15, 0.2) is 60.9 Å². The standard InChI is InChI=1S/C31H31ClF2N2O3/c1-18(2)36-29-21(13-19(3)37)8-11-25(29)27-16-23(15-26(30(27)36)22-5-4-12-35-17-22)28(38)14-20-6-9-24(10-7-20)39-31(32,33)34/h4-7,9-10,12,15-18,21,25,29H,8,11,13-14H2,1-3H3. The highest BCUT2D eigenvalue weighted by atomic mass is 35.5. The van der Waals surface area contributed by atoms with Crippen LogP contribution in [0, 0.1) is 5.92 Å². The van der Waals surface area contributed by atoms with E-state index in [-0.39, 0.29) is 47.7 Å². The van der Waals surface area contributed by atoms with Crippen molar-refractivity contribution in [3.63, 3.8) is 0 Å². The van der Waals surface area contributed by atoms with Crippen molar-refractivity contribution in [2.24, 2.45) is 5.92 Å². The Morgan fingerprint density at radius 1 is 1.15 bits per heavy atom. The molecular formula is C31H31ClF2N2O3. The van der Waals surface area contributed by atoms with E-state index in [2.05, 4.69) is 28.5 Å². The van der Waals surface area contributed by atoms with Gasteiger partial charge in [-0.25, -0.2) is 0 Å². The van der Waals surface area contributed by atoms with Gasteiger partial charge in [-0.2, -0.15) is 0 Å². The van der Waals surface area contributed by atoms with Gasteiger partial charge in [-0.3, -0.25) is 9.78 Å². The van der Waals surface area contributed by atoms with Crippen LogP contribution < -0.4 is 9.64 Å². The van der Waals surface area contributed by atoms with Gasteiger partial charge in [0.2, 0.25) is 0 Å². The summed E-state index contributed by atoms with van der Waals surface area (Å²) in [7, 11) is 0. The normalized spacial score (nSPS) is 20.2. The second-order valence-corrected chi connectivity index (χ2v) is 11.3. The number of rotatable bonds is 9. The molecule has 1 saturated carbocycles. The van der Waals surface area contributed by atoms with E-state index in [0.717, 1.165) is 35.2 Å². The molecule has 3 unspecified atom stereocenters. The molecule has 1 aliphatic heterocycles. The van der Waals surface area contributed by atoms with Crippen LogP contribution in [-0.4, -0.2) is 34.2 Å². The third-order valence-corrected chi connectivity index (χ3v) is 7.86. The molecule has 3 aromatic rings. The summed E-state index contributed by atoms with van der Waals surface area (Å²) in [6.45, 7) is 6.01. The Kier molecular flexibility index (Phi) is 7.47. The van der Waals surface area contributed by atoms with Crippen molar-refractivity contribution in [1.82, 2.24) is 4.98 Å². The maximum absolute atomic E-state index is 13.6. The third-order valence-electron chi connectivity index (χ3n) is 7.78. The molecule has 3 atom stereocenters. The fourth-order valence-corrected chi connectivity index (χ4v) is 6.48. The molecule has 5 nitrogen and oxygen atoms in total. The van der Waals surface area contributed by atoms with Gasteiger partial charge >= 0.3 is 5.57 Å². The number of ketones is 2. The van der Waals surface area contributed by atoms with E-state index < -0.39 is 5.57 Å². The molecule has 5 rings (SSSR count). The number of fused-ring (bicyclic) bond motifs is 3. The van der Waals surface area contributed by atoms with E-state index in [4.69, 9.17) is 11.6 Å². The second-order valence-electron chi connectivity index (χ2n) is 10.8. The maximum atomic E-state index is 13.6. The van der Waals surface area contributed by atoms with Gasteiger partial charge in [-0.1, -0.05) is 18.2 Å². The lowest BCUT2D eigenvalue weighted by Crippen LogP contribution is -2.42. The van der Waals surface area contributed by atoms with Crippen molar-refractivity contribution in [2.75, 3.05) is 4.90 Å². The predicted octanol–water partition coefficient (Wildman–Crippen LogP) is 7.41. The Bertz CT molecular complexity index is 1370. The number of benzene rings is 2. The molecule has 0 bridgehead atoms. The van der Waals surface area contributed by atoms with Crippen LogP contribution in [0.25, 0.3) is 11.1 Å². The summed E-state index contributed by atoms with van der Waals surface area (Å²) in [5.74, 6) is 0.559. The van der Waals surface area contributed by atoms with Gasteiger partial charge < -0.3 is 14.4 Å². The predicted molar refractivity (Wildman–Crippen MR) is 148 cm³/mol. The quantitative estimate of drug-likeness (QED) is 0.204.